The number of esters is 1. The lowest BCUT2D eigenvalue weighted by Crippen LogP contribution is -2.39. The predicted molar refractivity (Wildman–Crippen MR) is 109 cm³/mol. The topological polar surface area (TPSA) is 68.9 Å². The number of hydrogen-bond donors (Lipinski definition) is 1. The van der Waals surface area contributed by atoms with Gasteiger partial charge in [-0.1, -0.05) is 23.3 Å². The molecule has 1 aliphatic rings. The second-order valence-electron chi connectivity index (χ2n) is 8.05. The minimum Gasteiger partial charge on any atom is -0.472 e. The summed E-state index contributed by atoms with van der Waals surface area (Å²) in [5, 5.41) is 10.4. The van der Waals surface area contributed by atoms with Gasteiger partial charge in [0.1, 0.15) is 5.60 Å². The Bertz CT molecular complexity index is 673. The quantitative estimate of drug-likeness (QED) is 0.436. The Hall–Kier alpha value is -1.85. The van der Waals surface area contributed by atoms with Crippen LogP contribution in [0.25, 0.3) is 0 Å². The van der Waals surface area contributed by atoms with E-state index in [-0.39, 0.29) is 12.1 Å². The Labute approximate surface area is 168 Å². The van der Waals surface area contributed by atoms with Crippen LogP contribution in [-0.4, -0.2) is 36.0 Å². The fraction of sp³-hybridized carbons (Fsp3) is 0.609. The van der Waals surface area contributed by atoms with E-state index in [0.29, 0.717) is 19.3 Å². The van der Waals surface area contributed by atoms with Crippen molar-refractivity contribution in [1.82, 2.24) is 0 Å². The van der Waals surface area contributed by atoms with E-state index in [0.717, 1.165) is 25.7 Å². The summed E-state index contributed by atoms with van der Waals surface area (Å²) < 4.78 is 16.0. The van der Waals surface area contributed by atoms with E-state index in [1.807, 2.05) is 13.0 Å². The molecule has 1 aromatic heterocycles. The average Bonchev–Trinajstić information content (AvgIpc) is 3.29. The summed E-state index contributed by atoms with van der Waals surface area (Å²) >= 11 is 0. The van der Waals surface area contributed by atoms with E-state index in [4.69, 9.17) is 13.9 Å². The number of methoxy groups -OCH3 is 1. The molecule has 0 aliphatic carbocycles. The second-order valence-corrected chi connectivity index (χ2v) is 8.05. The summed E-state index contributed by atoms with van der Waals surface area (Å²) in [6, 6.07) is 1.99. The van der Waals surface area contributed by atoms with E-state index in [1.165, 1.54) is 16.7 Å². The lowest BCUT2D eigenvalue weighted by molar-refractivity contribution is -0.156. The molecule has 5 nitrogen and oxygen atoms in total. The number of aryl methyl sites for hydroxylation is 1. The largest absolute Gasteiger partial charge is 0.472 e. The van der Waals surface area contributed by atoms with Gasteiger partial charge in [-0.3, -0.25) is 4.79 Å². The van der Waals surface area contributed by atoms with E-state index in [9.17, 15) is 9.90 Å². The monoisotopic (exact) mass is 390 g/mol. The Kier molecular flexibility index (Phi) is 8.52. The van der Waals surface area contributed by atoms with Gasteiger partial charge in [-0.2, -0.15) is 0 Å². The fourth-order valence-electron chi connectivity index (χ4n) is 3.55. The van der Waals surface area contributed by atoms with Crippen molar-refractivity contribution in [2.75, 3.05) is 7.11 Å². The van der Waals surface area contributed by atoms with Crippen molar-refractivity contribution in [3.05, 3.63) is 47.5 Å². The third kappa shape index (κ3) is 6.95. The van der Waals surface area contributed by atoms with Crippen molar-refractivity contribution < 1.29 is 23.8 Å². The van der Waals surface area contributed by atoms with Crippen LogP contribution in [0, 0.1) is 0 Å². The highest BCUT2D eigenvalue weighted by Gasteiger charge is 2.41. The van der Waals surface area contributed by atoms with E-state index >= 15 is 0 Å². The molecule has 3 atom stereocenters. The van der Waals surface area contributed by atoms with Gasteiger partial charge in [-0.25, -0.2) is 0 Å². The van der Waals surface area contributed by atoms with Crippen LogP contribution in [-0.2, 0) is 20.7 Å². The highest BCUT2D eigenvalue weighted by molar-refractivity contribution is 5.72. The van der Waals surface area contributed by atoms with Crippen LogP contribution in [0.15, 0.2) is 46.3 Å². The summed E-state index contributed by atoms with van der Waals surface area (Å²) in [6.07, 6.45) is 12.3. The van der Waals surface area contributed by atoms with Crippen molar-refractivity contribution >= 4 is 5.97 Å². The number of furan rings is 1. The van der Waals surface area contributed by atoms with E-state index < -0.39 is 11.7 Å². The zero-order valence-corrected chi connectivity index (χ0v) is 17.6. The Balaban J connectivity index is 1.79. The van der Waals surface area contributed by atoms with Crippen LogP contribution in [0.5, 0.6) is 0 Å². The van der Waals surface area contributed by atoms with Gasteiger partial charge in [-0.15, -0.1) is 0 Å². The summed E-state index contributed by atoms with van der Waals surface area (Å²) in [7, 11) is 1.72. The summed E-state index contributed by atoms with van der Waals surface area (Å²) in [6.45, 7) is 6.00. The number of carbonyl (C=O) groups is 1. The highest BCUT2D eigenvalue weighted by atomic mass is 16.6. The van der Waals surface area contributed by atoms with Gasteiger partial charge in [0.25, 0.3) is 0 Å². The number of aliphatic hydroxyl groups excluding tert-OH is 1. The molecule has 1 aromatic rings. The molecule has 0 aromatic carbocycles. The summed E-state index contributed by atoms with van der Waals surface area (Å²) in [5.41, 5.74) is 2.94. The fourth-order valence-corrected chi connectivity index (χ4v) is 3.55. The van der Waals surface area contributed by atoms with Crippen LogP contribution in [0.2, 0.25) is 0 Å². The van der Waals surface area contributed by atoms with Crippen molar-refractivity contribution in [3.8, 4) is 0 Å². The van der Waals surface area contributed by atoms with Gasteiger partial charge in [-0.05, 0) is 70.9 Å². The number of rotatable bonds is 11. The normalized spacial score (nSPS) is 23.0. The Morgan fingerprint density at radius 1 is 1.39 bits per heavy atom. The molecule has 0 radical (unpaired) electrons. The van der Waals surface area contributed by atoms with Crippen LogP contribution in [0.3, 0.4) is 0 Å². The number of hydrogen-bond acceptors (Lipinski definition) is 5. The van der Waals surface area contributed by atoms with Gasteiger partial charge in [0, 0.05) is 13.5 Å². The zero-order chi connectivity index (χ0) is 20.6. The number of allylic oxidation sites excluding steroid dienone is 2. The van der Waals surface area contributed by atoms with Crippen LogP contribution < -0.4 is 0 Å². The Morgan fingerprint density at radius 2 is 2.18 bits per heavy atom. The first kappa shape index (κ1) is 22.4. The summed E-state index contributed by atoms with van der Waals surface area (Å²) in [5.74, 6) is -0.219. The number of aliphatic hydroxyl groups is 1. The molecule has 5 heteroatoms. The van der Waals surface area contributed by atoms with Crippen molar-refractivity contribution in [3.63, 3.8) is 0 Å². The number of carbonyl (C=O) groups excluding carboxylic acids is 1. The predicted octanol–water partition coefficient (Wildman–Crippen LogP) is 4.75. The van der Waals surface area contributed by atoms with E-state index in [1.54, 1.807) is 19.6 Å². The molecule has 156 valence electrons. The molecule has 1 N–H and O–H groups in total. The minimum absolute atomic E-state index is 0.0159. The molecule has 28 heavy (non-hydrogen) atoms. The molecule has 0 saturated carbocycles. The van der Waals surface area contributed by atoms with Crippen molar-refractivity contribution in [2.45, 2.75) is 83.5 Å². The molecule has 0 spiro atoms. The SMILES string of the molecule is CO[C@H](C=C(C)CC[C@@H](O)[C@]1(C)CCC(=O)O1)CC(C)=CCCc1ccoc1. The molecule has 2 heterocycles. The van der Waals surface area contributed by atoms with Crippen LogP contribution in [0.4, 0.5) is 0 Å². The standard InChI is InChI=1S/C23H34O5/c1-17(6-5-7-19-11-13-27-16-19)14-20(26-4)15-18(2)8-9-21(24)23(3)12-10-22(25)28-23/h6,11,13,15-16,20-21,24H,5,7-10,12,14H2,1-4H3/t20-,21+,23-/m0/s1. The second kappa shape index (κ2) is 10.6. The van der Waals surface area contributed by atoms with Gasteiger partial charge in [0.05, 0.1) is 24.7 Å². The van der Waals surface area contributed by atoms with Crippen LogP contribution in [0.1, 0.15) is 64.9 Å². The minimum atomic E-state index is -0.744. The molecule has 1 saturated heterocycles. The molecule has 1 fully saturated rings. The third-order valence-electron chi connectivity index (χ3n) is 5.49. The molecular formula is C23H34O5. The van der Waals surface area contributed by atoms with E-state index in [2.05, 4.69) is 26.0 Å². The molecule has 0 bridgehead atoms. The maximum Gasteiger partial charge on any atom is 0.306 e. The van der Waals surface area contributed by atoms with Gasteiger partial charge < -0.3 is 19.0 Å². The average molecular weight is 391 g/mol. The maximum atomic E-state index is 11.4. The first-order valence-electron chi connectivity index (χ1n) is 10.1. The van der Waals surface area contributed by atoms with Gasteiger partial charge in [0.15, 0.2) is 0 Å². The van der Waals surface area contributed by atoms with Crippen molar-refractivity contribution in [1.29, 1.82) is 0 Å². The summed E-state index contributed by atoms with van der Waals surface area (Å²) in [4.78, 5) is 11.4. The lowest BCUT2D eigenvalue weighted by atomic mass is 9.91. The molecular weight excluding hydrogens is 356 g/mol. The van der Waals surface area contributed by atoms with Crippen molar-refractivity contribution in [2.24, 2.45) is 0 Å². The molecule has 0 unspecified atom stereocenters. The maximum absolute atomic E-state index is 11.4. The lowest BCUT2D eigenvalue weighted by Gasteiger charge is -2.28. The van der Waals surface area contributed by atoms with Gasteiger partial charge >= 0.3 is 5.97 Å². The number of cyclic esters (lactones) is 1. The molecule has 0 amide bonds. The third-order valence-corrected chi connectivity index (χ3v) is 5.49. The van der Waals surface area contributed by atoms with Gasteiger partial charge in [0.2, 0.25) is 0 Å². The molecule has 1 aliphatic heterocycles. The number of ether oxygens (including phenoxy) is 2. The Morgan fingerprint density at radius 3 is 2.79 bits per heavy atom. The first-order valence-corrected chi connectivity index (χ1v) is 10.1. The zero-order valence-electron chi connectivity index (χ0n) is 17.6. The van der Waals surface area contributed by atoms with Crippen LogP contribution >= 0.6 is 0 Å². The smallest absolute Gasteiger partial charge is 0.306 e. The molecule has 2 rings (SSSR count). The highest BCUT2D eigenvalue weighted by Crippen LogP contribution is 2.32. The first-order chi connectivity index (χ1) is 13.3.